The third-order valence-corrected chi connectivity index (χ3v) is 3.41. The van der Waals surface area contributed by atoms with Gasteiger partial charge in [0, 0.05) is 17.6 Å². The first kappa shape index (κ1) is 12.8. The van der Waals surface area contributed by atoms with Crippen LogP contribution in [0.5, 0.6) is 0 Å². The van der Waals surface area contributed by atoms with Crippen molar-refractivity contribution in [1.82, 2.24) is 4.31 Å². The van der Waals surface area contributed by atoms with E-state index in [1.807, 2.05) is 0 Å². The predicted octanol–water partition coefficient (Wildman–Crippen LogP) is 2.84. The molecule has 0 fully saturated rings. The van der Waals surface area contributed by atoms with Gasteiger partial charge in [0.2, 0.25) is 0 Å². The molecule has 8 heteroatoms. The predicted molar refractivity (Wildman–Crippen MR) is 69.2 cm³/mol. The van der Waals surface area contributed by atoms with E-state index in [4.69, 9.17) is 40.5 Å². The molecular formula is C9H5Cl3N2O2S. The van der Waals surface area contributed by atoms with Gasteiger partial charge in [-0.3, -0.25) is 9.59 Å². The smallest absolute Gasteiger partial charge is 0.271 e. The van der Waals surface area contributed by atoms with Crippen LogP contribution in [0.2, 0.25) is 0 Å². The molecule has 90 valence electrons. The van der Waals surface area contributed by atoms with E-state index < -0.39 is 14.9 Å². The Morgan fingerprint density at radius 3 is 2.29 bits per heavy atom. The van der Waals surface area contributed by atoms with E-state index in [9.17, 15) is 9.59 Å². The van der Waals surface area contributed by atoms with Gasteiger partial charge < -0.3 is 5.73 Å². The fraction of sp³-hybridized carbons (Fsp3) is 0.111. The maximum Gasteiger partial charge on any atom is 0.271 e. The number of hydrogen-bond donors (Lipinski definition) is 1. The number of rotatable bonds is 1. The largest absolute Gasteiger partial charge is 0.399 e. The summed E-state index contributed by atoms with van der Waals surface area (Å²) in [5, 5.41) is 0. The van der Waals surface area contributed by atoms with E-state index in [1.54, 1.807) is 0 Å². The number of imide groups is 1. The standard InChI is InChI=1S/C9H5Cl3N2O2S/c10-9(11,12)17-14-7(15)5-2-1-4(13)3-6(5)8(14)16/h1-3H,13H2. The van der Waals surface area contributed by atoms with Crippen molar-refractivity contribution in [3.8, 4) is 0 Å². The highest BCUT2D eigenvalue weighted by molar-refractivity contribution is 8.03. The number of hydrogen-bond acceptors (Lipinski definition) is 4. The number of carbonyl (C=O) groups excluding carboxylic acids is 2. The molecule has 0 saturated heterocycles. The van der Waals surface area contributed by atoms with Crippen molar-refractivity contribution in [1.29, 1.82) is 0 Å². The molecule has 1 aromatic carbocycles. The van der Waals surface area contributed by atoms with Crippen molar-refractivity contribution in [3.63, 3.8) is 0 Å². The Hall–Kier alpha value is -0.620. The van der Waals surface area contributed by atoms with E-state index in [1.165, 1.54) is 18.2 Å². The normalized spacial score (nSPS) is 15.4. The zero-order valence-electron chi connectivity index (χ0n) is 8.12. The van der Waals surface area contributed by atoms with E-state index in [0.717, 1.165) is 4.31 Å². The maximum atomic E-state index is 11.9. The SMILES string of the molecule is Nc1ccc2c(c1)C(=O)N(SC(Cl)(Cl)Cl)C2=O. The third-order valence-electron chi connectivity index (χ3n) is 2.07. The highest BCUT2D eigenvalue weighted by Crippen LogP contribution is 2.44. The summed E-state index contributed by atoms with van der Waals surface area (Å²) in [5.41, 5.74) is 6.41. The number of anilines is 1. The van der Waals surface area contributed by atoms with Gasteiger partial charge in [-0.25, -0.2) is 4.31 Å². The van der Waals surface area contributed by atoms with Crippen LogP contribution in [0.25, 0.3) is 0 Å². The summed E-state index contributed by atoms with van der Waals surface area (Å²) >= 11 is 17.2. The number of fused-ring (bicyclic) bond motifs is 1. The van der Waals surface area contributed by atoms with E-state index in [0.29, 0.717) is 17.6 Å². The molecule has 1 heterocycles. The Morgan fingerprint density at radius 2 is 1.71 bits per heavy atom. The molecule has 0 spiro atoms. The second kappa shape index (κ2) is 4.24. The van der Waals surface area contributed by atoms with Gasteiger partial charge >= 0.3 is 0 Å². The summed E-state index contributed by atoms with van der Waals surface area (Å²) in [5.74, 6) is -1.05. The molecule has 0 unspecified atom stereocenters. The summed E-state index contributed by atoms with van der Waals surface area (Å²) < 4.78 is -0.962. The van der Waals surface area contributed by atoms with Gasteiger partial charge in [0.1, 0.15) is 0 Å². The first-order chi connectivity index (χ1) is 7.79. The van der Waals surface area contributed by atoms with Crippen LogP contribution < -0.4 is 5.73 Å². The molecule has 17 heavy (non-hydrogen) atoms. The topological polar surface area (TPSA) is 63.4 Å². The molecule has 2 rings (SSSR count). The fourth-order valence-electron chi connectivity index (χ4n) is 1.42. The minimum atomic E-state index is -1.78. The molecule has 1 aliphatic heterocycles. The lowest BCUT2D eigenvalue weighted by atomic mass is 10.1. The van der Waals surface area contributed by atoms with Crippen LogP contribution in [-0.2, 0) is 0 Å². The van der Waals surface area contributed by atoms with Crippen molar-refractivity contribution in [2.45, 2.75) is 3.12 Å². The second-order valence-electron chi connectivity index (χ2n) is 3.25. The summed E-state index contributed by atoms with van der Waals surface area (Å²) in [6.45, 7) is 0. The van der Waals surface area contributed by atoms with Gasteiger partial charge in [-0.2, -0.15) is 0 Å². The molecule has 2 N–H and O–H groups in total. The molecule has 0 radical (unpaired) electrons. The second-order valence-corrected chi connectivity index (χ2v) is 7.36. The molecule has 1 aromatic rings. The molecule has 2 amide bonds. The molecule has 0 saturated carbocycles. The Morgan fingerprint density at radius 1 is 1.12 bits per heavy atom. The molecule has 1 aliphatic rings. The summed E-state index contributed by atoms with van der Waals surface area (Å²) in [6.07, 6.45) is 0. The van der Waals surface area contributed by atoms with Crippen molar-refractivity contribution in [2.75, 3.05) is 5.73 Å². The van der Waals surface area contributed by atoms with Crippen LogP contribution in [-0.4, -0.2) is 19.2 Å². The van der Waals surface area contributed by atoms with Gasteiger partial charge in [-0.05, 0) is 18.2 Å². The Bertz CT molecular complexity index is 515. The van der Waals surface area contributed by atoms with Crippen LogP contribution in [0.3, 0.4) is 0 Å². The Labute approximate surface area is 116 Å². The van der Waals surface area contributed by atoms with Gasteiger partial charge in [0.05, 0.1) is 11.1 Å². The monoisotopic (exact) mass is 310 g/mol. The quantitative estimate of drug-likeness (QED) is 0.375. The molecule has 4 nitrogen and oxygen atoms in total. The van der Waals surface area contributed by atoms with Crippen LogP contribution in [0, 0.1) is 0 Å². The molecule has 0 aromatic heterocycles. The highest BCUT2D eigenvalue weighted by atomic mass is 35.6. The molecule has 0 bridgehead atoms. The number of benzene rings is 1. The lowest BCUT2D eigenvalue weighted by Gasteiger charge is -2.17. The van der Waals surface area contributed by atoms with Crippen LogP contribution in [0.1, 0.15) is 20.7 Å². The number of nitrogens with two attached hydrogens (primary N) is 1. The van der Waals surface area contributed by atoms with Crippen LogP contribution in [0.4, 0.5) is 5.69 Å². The Balaban J connectivity index is 2.39. The lowest BCUT2D eigenvalue weighted by molar-refractivity contribution is 0.0777. The molecule has 0 aliphatic carbocycles. The first-order valence-electron chi connectivity index (χ1n) is 4.34. The van der Waals surface area contributed by atoms with Crippen molar-refractivity contribution in [2.24, 2.45) is 0 Å². The van der Waals surface area contributed by atoms with Crippen molar-refractivity contribution >= 4 is 64.3 Å². The fourth-order valence-corrected chi connectivity index (χ4v) is 2.61. The zero-order valence-corrected chi connectivity index (χ0v) is 11.2. The number of halogens is 3. The van der Waals surface area contributed by atoms with Gasteiger partial charge in [-0.1, -0.05) is 34.8 Å². The summed E-state index contributed by atoms with van der Waals surface area (Å²) in [7, 11) is 0. The average Bonchev–Trinajstić information content (AvgIpc) is 2.42. The summed E-state index contributed by atoms with van der Waals surface area (Å²) in [6, 6.07) is 4.44. The maximum absolute atomic E-state index is 11.9. The average molecular weight is 312 g/mol. The van der Waals surface area contributed by atoms with Crippen LogP contribution in [0.15, 0.2) is 18.2 Å². The third kappa shape index (κ3) is 2.47. The Kier molecular flexibility index (Phi) is 3.20. The van der Waals surface area contributed by atoms with Crippen LogP contribution >= 0.6 is 46.8 Å². The van der Waals surface area contributed by atoms with Crippen molar-refractivity contribution < 1.29 is 9.59 Å². The number of amides is 2. The van der Waals surface area contributed by atoms with E-state index in [2.05, 4.69) is 0 Å². The van der Waals surface area contributed by atoms with Crippen molar-refractivity contribution in [3.05, 3.63) is 29.3 Å². The first-order valence-corrected chi connectivity index (χ1v) is 6.24. The number of nitrogen functional groups attached to an aromatic ring is 1. The number of alkyl halides is 3. The molecular weight excluding hydrogens is 307 g/mol. The molecule has 0 atom stereocenters. The van der Waals surface area contributed by atoms with Gasteiger partial charge in [0.15, 0.2) is 0 Å². The van der Waals surface area contributed by atoms with Gasteiger partial charge in [0.25, 0.3) is 14.9 Å². The van der Waals surface area contributed by atoms with E-state index in [-0.39, 0.29) is 11.1 Å². The minimum absolute atomic E-state index is 0.219. The van der Waals surface area contributed by atoms with E-state index >= 15 is 0 Å². The highest BCUT2D eigenvalue weighted by Gasteiger charge is 2.40. The summed E-state index contributed by atoms with van der Waals surface area (Å²) in [4.78, 5) is 23.8. The number of nitrogens with zero attached hydrogens (tertiary/aromatic N) is 1. The zero-order chi connectivity index (χ0) is 12.8. The minimum Gasteiger partial charge on any atom is -0.399 e. The lowest BCUT2D eigenvalue weighted by Crippen LogP contribution is -2.25. The van der Waals surface area contributed by atoms with Gasteiger partial charge in [-0.15, -0.1) is 0 Å². The number of carbonyl (C=O) groups is 2.